The Morgan fingerprint density at radius 3 is 2.40 bits per heavy atom. The van der Waals surface area contributed by atoms with Gasteiger partial charge in [-0.15, -0.1) is 0 Å². The Labute approximate surface area is 209 Å². The van der Waals surface area contributed by atoms with Crippen molar-refractivity contribution in [3.8, 4) is 17.2 Å². The molecular weight excluding hydrogens is 468 g/mol. The van der Waals surface area contributed by atoms with E-state index in [9.17, 15) is 14.4 Å². The van der Waals surface area contributed by atoms with E-state index in [4.69, 9.17) is 14.2 Å². The smallest absolute Gasteiger partial charge is 0.294 e. The number of benzene rings is 2. The van der Waals surface area contributed by atoms with Crippen molar-refractivity contribution in [2.45, 2.75) is 33.6 Å². The molecule has 1 N–H and O–H groups in total. The summed E-state index contributed by atoms with van der Waals surface area (Å²) in [7, 11) is 0. The molecule has 0 unspecified atom stereocenters. The van der Waals surface area contributed by atoms with Crippen molar-refractivity contribution in [3.63, 3.8) is 0 Å². The number of unbranched alkanes of at least 4 members (excludes halogenated alkanes) is 1. The average molecular weight is 499 g/mol. The van der Waals surface area contributed by atoms with Gasteiger partial charge in [-0.05, 0) is 80.1 Å². The summed E-state index contributed by atoms with van der Waals surface area (Å²) in [4.78, 5) is 38.9. The molecule has 0 radical (unpaired) electrons. The van der Waals surface area contributed by atoms with E-state index >= 15 is 0 Å². The van der Waals surface area contributed by atoms with E-state index in [1.807, 2.05) is 13.8 Å². The SMILES string of the molecule is CCCCOc1ccc(/C=C2\SC(=O)N(CC(=O)Nc3ccc(OCC)cc3)C2=O)cc1OCC. The summed E-state index contributed by atoms with van der Waals surface area (Å²) in [5.41, 5.74) is 1.24. The molecule has 0 spiro atoms. The maximum absolute atomic E-state index is 12.8. The molecule has 1 aliphatic rings. The molecule has 1 saturated heterocycles. The van der Waals surface area contributed by atoms with Crippen LogP contribution in [0.2, 0.25) is 0 Å². The van der Waals surface area contributed by atoms with Crippen LogP contribution >= 0.6 is 11.8 Å². The van der Waals surface area contributed by atoms with E-state index in [-0.39, 0.29) is 11.4 Å². The van der Waals surface area contributed by atoms with Crippen molar-refractivity contribution >= 4 is 40.6 Å². The van der Waals surface area contributed by atoms with Gasteiger partial charge in [-0.3, -0.25) is 19.3 Å². The minimum Gasteiger partial charge on any atom is -0.494 e. The number of hydrogen-bond acceptors (Lipinski definition) is 7. The topological polar surface area (TPSA) is 94.2 Å². The van der Waals surface area contributed by atoms with E-state index in [1.165, 1.54) is 0 Å². The third kappa shape index (κ3) is 7.26. The van der Waals surface area contributed by atoms with Crippen molar-refractivity contribution in [1.29, 1.82) is 0 Å². The lowest BCUT2D eigenvalue weighted by Gasteiger charge is -2.13. The number of carbonyl (C=O) groups is 3. The summed E-state index contributed by atoms with van der Waals surface area (Å²) in [6.45, 7) is 7.09. The Balaban J connectivity index is 1.66. The minimum absolute atomic E-state index is 0.242. The van der Waals surface area contributed by atoms with Crippen LogP contribution in [0, 0.1) is 0 Å². The van der Waals surface area contributed by atoms with Gasteiger partial charge in [-0.2, -0.15) is 0 Å². The molecule has 0 aromatic heterocycles. The highest BCUT2D eigenvalue weighted by Crippen LogP contribution is 2.34. The number of nitrogens with zero attached hydrogens (tertiary/aromatic N) is 1. The Hall–Kier alpha value is -3.46. The van der Waals surface area contributed by atoms with Gasteiger partial charge in [0, 0.05) is 5.69 Å². The van der Waals surface area contributed by atoms with Gasteiger partial charge in [0.25, 0.3) is 11.1 Å². The Bertz CT molecular complexity index is 1080. The number of nitrogens with one attached hydrogen (secondary N) is 1. The number of carbonyl (C=O) groups excluding carboxylic acids is 3. The fraction of sp³-hybridized carbons (Fsp3) is 0.346. The second kappa shape index (κ2) is 12.9. The Morgan fingerprint density at radius 1 is 0.971 bits per heavy atom. The van der Waals surface area contributed by atoms with E-state index in [0.29, 0.717) is 48.3 Å². The molecule has 1 aliphatic heterocycles. The van der Waals surface area contributed by atoms with Crippen LogP contribution < -0.4 is 19.5 Å². The normalized spacial score (nSPS) is 14.4. The summed E-state index contributed by atoms with van der Waals surface area (Å²) in [5.74, 6) is 0.922. The lowest BCUT2D eigenvalue weighted by molar-refractivity contribution is -0.127. The van der Waals surface area contributed by atoms with Crippen LogP contribution in [0.4, 0.5) is 10.5 Å². The van der Waals surface area contributed by atoms with Crippen LogP contribution in [0.15, 0.2) is 47.4 Å². The second-order valence-corrected chi connectivity index (χ2v) is 8.61. The standard InChI is InChI=1S/C26H30N2O6S/c1-4-7-14-34-21-13-8-18(15-22(21)33-6-3)16-23-25(30)28(26(31)35-23)17-24(29)27-19-9-11-20(12-10-19)32-5-2/h8-13,15-16H,4-7,14,17H2,1-3H3,(H,27,29)/b23-16-. The molecule has 1 heterocycles. The summed E-state index contributed by atoms with van der Waals surface area (Å²) < 4.78 is 16.9. The summed E-state index contributed by atoms with van der Waals surface area (Å²) in [5, 5.41) is 2.20. The van der Waals surface area contributed by atoms with Gasteiger partial charge >= 0.3 is 0 Å². The Kier molecular flexibility index (Phi) is 9.60. The predicted octanol–water partition coefficient (Wildman–Crippen LogP) is 5.34. The molecular formula is C26H30N2O6S. The summed E-state index contributed by atoms with van der Waals surface area (Å²) >= 11 is 0.803. The number of anilines is 1. The molecule has 3 rings (SSSR count). The molecule has 0 atom stereocenters. The quantitative estimate of drug-likeness (QED) is 0.312. The zero-order chi connectivity index (χ0) is 25.2. The highest BCUT2D eigenvalue weighted by atomic mass is 32.2. The first-order chi connectivity index (χ1) is 16.9. The number of thioether (sulfide) groups is 1. The third-order valence-electron chi connectivity index (χ3n) is 4.95. The first kappa shape index (κ1) is 26.2. The fourth-order valence-corrected chi connectivity index (χ4v) is 4.10. The van der Waals surface area contributed by atoms with Crippen LogP contribution in [0.5, 0.6) is 17.2 Å². The van der Waals surface area contributed by atoms with Gasteiger partial charge in [0.05, 0.1) is 24.7 Å². The van der Waals surface area contributed by atoms with Crippen LogP contribution in [-0.2, 0) is 9.59 Å². The van der Waals surface area contributed by atoms with Crippen LogP contribution in [0.1, 0.15) is 39.2 Å². The van der Waals surface area contributed by atoms with E-state index in [0.717, 1.165) is 29.5 Å². The van der Waals surface area contributed by atoms with E-state index in [2.05, 4.69) is 12.2 Å². The van der Waals surface area contributed by atoms with Crippen molar-refractivity contribution in [1.82, 2.24) is 4.90 Å². The maximum atomic E-state index is 12.8. The minimum atomic E-state index is -0.511. The fourth-order valence-electron chi connectivity index (χ4n) is 3.26. The molecule has 3 amide bonds. The van der Waals surface area contributed by atoms with Crippen molar-refractivity contribution < 1.29 is 28.6 Å². The highest BCUT2D eigenvalue weighted by Gasteiger charge is 2.36. The molecule has 0 saturated carbocycles. The van der Waals surface area contributed by atoms with Gasteiger partial charge in [0.15, 0.2) is 11.5 Å². The molecule has 35 heavy (non-hydrogen) atoms. The maximum Gasteiger partial charge on any atom is 0.294 e. The third-order valence-corrected chi connectivity index (χ3v) is 5.85. The van der Waals surface area contributed by atoms with Gasteiger partial charge in [0.2, 0.25) is 5.91 Å². The molecule has 0 aliphatic carbocycles. The summed E-state index contributed by atoms with van der Waals surface area (Å²) in [6, 6.07) is 12.2. The largest absolute Gasteiger partial charge is 0.494 e. The van der Waals surface area contributed by atoms with Crippen molar-refractivity contribution in [2.24, 2.45) is 0 Å². The van der Waals surface area contributed by atoms with Crippen LogP contribution in [0.25, 0.3) is 6.08 Å². The van der Waals surface area contributed by atoms with Gasteiger partial charge in [-0.25, -0.2) is 0 Å². The van der Waals surface area contributed by atoms with Gasteiger partial charge < -0.3 is 19.5 Å². The molecule has 186 valence electrons. The number of hydrogen-bond donors (Lipinski definition) is 1. The number of ether oxygens (including phenoxy) is 3. The van der Waals surface area contributed by atoms with Crippen molar-refractivity contribution in [2.75, 3.05) is 31.7 Å². The molecule has 9 heteroatoms. The number of imide groups is 1. The van der Waals surface area contributed by atoms with E-state index < -0.39 is 17.1 Å². The zero-order valence-corrected chi connectivity index (χ0v) is 21.0. The van der Waals surface area contributed by atoms with Crippen LogP contribution in [0.3, 0.4) is 0 Å². The molecule has 8 nitrogen and oxygen atoms in total. The lowest BCUT2D eigenvalue weighted by Crippen LogP contribution is -2.36. The molecule has 1 fully saturated rings. The first-order valence-corrected chi connectivity index (χ1v) is 12.4. The Morgan fingerprint density at radius 2 is 1.71 bits per heavy atom. The molecule has 0 bridgehead atoms. The van der Waals surface area contributed by atoms with Gasteiger partial charge in [0.1, 0.15) is 12.3 Å². The zero-order valence-electron chi connectivity index (χ0n) is 20.2. The highest BCUT2D eigenvalue weighted by molar-refractivity contribution is 8.18. The van der Waals surface area contributed by atoms with Crippen LogP contribution in [-0.4, -0.2) is 48.3 Å². The molecule has 2 aromatic rings. The molecule has 2 aromatic carbocycles. The number of amides is 3. The first-order valence-electron chi connectivity index (χ1n) is 11.6. The second-order valence-electron chi connectivity index (χ2n) is 7.61. The average Bonchev–Trinajstić information content (AvgIpc) is 3.09. The van der Waals surface area contributed by atoms with Crippen molar-refractivity contribution in [3.05, 3.63) is 52.9 Å². The lowest BCUT2D eigenvalue weighted by atomic mass is 10.2. The number of rotatable bonds is 12. The van der Waals surface area contributed by atoms with Gasteiger partial charge in [-0.1, -0.05) is 19.4 Å². The monoisotopic (exact) mass is 498 g/mol. The predicted molar refractivity (Wildman–Crippen MR) is 137 cm³/mol. The van der Waals surface area contributed by atoms with E-state index in [1.54, 1.807) is 48.5 Å². The summed E-state index contributed by atoms with van der Waals surface area (Å²) in [6.07, 6.45) is 3.58.